The average molecular weight is 157 g/mol. The molecule has 0 aromatic heterocycles. The highest BCUT2D eigenvalue weighted by atomic mass is 35.5. The average Bonchev–Trinajstić information content (AvgIpc) is 2.71. The molecule has 0 nitrogen and oxygen atoms in total. The van der Waals surface area contributed by atoms with Crippen molar-refractivity contribution in [1.29, 1.82) is 0 Å². The van der Waals surface area contributed by atoms with Gasteiger partial charge in [0.1, 0.15) is 0 Å². The van der Waals surface area contributed by atoms with E-state index in [9.17, 15) is 0 Å². The van der Waals surface area contributed by atoms with E-state index in [0.717, 1.165) is 12.3 Å². The van der Waals surface area contributed by atoms with Gasteiger partial charge < -0.3 is 0 Å². The van der Waals surface area contributed by atoms with Crippen molar-refractivity contribution in [3.8, 4) is 0 Å². The summed E-state index contributed by atoms with van der Waals surface area (Å²) in [6, 6.07) is 0. The Morgan fingerprint density at radius 1 is 1.30 bits per heavy atom. The molecule has 0 aliphatic heterocycles. The zero-order valence-corrected chi connectivity index (χ0v) is 6.90. The quantitative estimate of drug-likeness (QED) is 0.404. The molecule has 1 fully saturated rings. The minimum Gasteiger partial charge on any atom is -0.123 e. The van der Waals surface area contributed by atoms with Crippen LogP contribution in [0.15, 0.2) is 11.6 Å². The molecule has 56 valence electrons. The van der Waals surface area contributed by atoms with Gasteiger partial charge in [-0.1, -0.05) is 11.6 Å². The molecule has 0 spiro atoms. The Morgan fingerprint density at radius 3 is 2.60 bits per heavy atom. The molecule has 0 radical (unpaired) electrons. The van der Waals surface area contributed by atoms with E-state index in [1.54, 1.807) is 5.57 Å². The Labute approximate surface area is 67.3 Å². The molecule has 0 heterocycles. The van der Waals surface area contributed by atoms with Gasteiger partial charge >= 0.3 is 0 Å². The first-order valence-corrected chi connectivity index (χ1v) is 4.63. The van der Waals surface area contributed by atoms with E-state index in [0.29, 0.717) is 5.38 Å². The Morgan fingerprint density at radius 2 is 2.10 bits per heavy atom. The molecule has 0 aromatic carbocycles. The van der Waals surface area contributed by atoms with Crippen molar-refractivity contribution in [2.75, 3.05) is 0 Å². The summed E-state index contributed by atoms with van der Waals surface area (Å²) in [5.74, 6) is 0.976. The number of halogens is 1. The van der Waals surface area contributed by atoms with Gasteiger partial charge in [-0.05, 0) is 38.0 Å². The summed E-state index contributed by atoms with van der Waals surface area (Å²) in [7, 11) is 0. The van der Waals surface area contributed by atoms with Crippen LogP contribution >= 0.6 is 11.6 Å². The van der Waals surface area contributed by atoms with Crippen molar-refractivity contribution in [1.82, 2.24) is 0 Å². The standard InChI is InChI=1S/C9H13Cl/c10-9-5-3-8(4-6-9)7-1-2-7/h3,7,9H,1-2,4-6H2. The lowest BCUT2D eigenvalue weighted by Crippen LogP contribution is -2.04. The minimum atomic E-state index is 0.433. The van der Waals surface area contributed by atoms with E-state index in [1.165, 1.54) is 25.7 Å². The summed E-state index contributed by atoms with van der Waals surface area (Å²) >= 11 is 5.96. The molecule has 1 atom stereocenters. The van der Waals surface area contributed by atoms with E-state index >= 15 is 0 Å². The van der Waals surface area contributed by atoms with Gasteiger partial charge in [0.15, 0.2) is 0 Å². The zero-order chi connectivity index (χ0) is 6.97. The van der Waals surface area contributed by atoms with Crippen LogP contribution in [-0.4, -0.2) is 5.38 Å². The third-order valence-corrected chi connectivity index (χ3v) is 2.88. The fourth-order valence-corrected chi connectivity index (χ4v) is 1.85. The van der Waals surface area contributed by atoms with Gasteiger partial charge in [0.05, 0.1) is 0 Å². The SMILES string of the molecule is ClC1CC=C(C2CC2)CC1. The van der Waals surface area contributed by atoms with Gasteiger partial charge in [-0.2, -0.15) is 0 Å². The summed E-state index contributed by atoms with van der Waals surface area (Å²) in [6.07, 6.45) is 8.87. The predicted molar refractivity (Wildman–Crippen MR) is 44.3 cm³/mol. The van der Waals surface area contributed by atoms with Crippen molar-refractivity contribution in [2.45, 2.75) is 37.5 Å². The number of alkyl halides is 1. The van der Waals surface area contributed by atoms with Crippen molar-refractivity contribution in [3.05, 3.63) is 11.6 Å². The van der Waals surface area contributed by atoms with Crippen LogP contribution < -0.4 is 0 Å². The highest BCUT2D eigenvalue weighted by Gasteiger charge is 2.27. The first-order valence-electron chi connectivity index (χ1n) is 4.19. The number of allylic oxidation sites excluding steroid dienone is 2. The molecule has 0 N–H and O–H groups in total. The number of rotatable bonds is 1. The number of hydrogen-bond acceptors (Lipinski definition) is 0. The molecule has 1 unspecified atom stereocenters. The van der Waals surface area contributed by atoms with Crippen molar-refractivity contribution < 1.29 is 0 Å². The Kier molecular flexibility index (Phi) is 1.73. The fourth-order valence-electron chi connectivity index (χ4n) is 1.65. The van der Waals surface area contributed by atoms with E-state index in [4.69, 9.17) is 11.6 Å². The fraction of sp³-hybridized carbons (Fsp3) is 0.778. The highest BCUT2D eigenvalue weighted by Crippen LogP contribution is 2.41. The van der Waals surface area contributed by atoms with Crippen molar-refractivity contribution >= 4 is 11.6 Å². The molecule has 0 amide bonds. The summed E-state index contributed by atoms with van der Waals surface area (Å²) in [6.45, 7) is 0. The number of hydrogen-bond donors (Lipinski definition) is 0. The third-order valence-electron chi connectivity index (χ3n) is 2.48. The van der Waals surface area contributed by atoms with Crippen molar-refractivity contribution in [2.24, 2.45) is 5.92 Å². The van der Waals surface area contributed by atoms with Crippen LogP contribution in [0.2, 0.25) is 0 Å². The monoisotopic (exact) mass is 156 g/mol. The Hall–Kier alpha value is 0.0300. The van der Waals surface area contributed by atoms with Crippen LogP contribution in [-0.2, 0) is 0 Å². The second-order valence-electron chi connectivity index (χ2n) is 3.42. The highest BCUT2D eigenvalue weighted by molar-refractivity contribution is 6.20. The maximum absolute atomic E-state index is 5.96. The first-order chi connectivity index (χ1) is 4.86. The van der Waals surface area contributed by atoms with Crippen LogP contribution in [0.5, 0.6) is 0 Å². The van der Waals surface area contributed by atoms with Crippen LogP contribution in [0.4, 0.5) is 0 Å². The summed E-state index contributed by atoms with van der Waals surface area (Å²) < 4.78 is 0. The summed E-state index contributed by atoms with van der Waals surface area (Å²) in [5.41, 5.74) is 1.71. The molecule has 10 heavy (non-hydrogen) atoms. The predicted octanol–water partition coefficient (Wildman–Crippen LogP) is 3.11. The zero-order valence-electron chi connectivity index (χ0n) is 6.15. The topological polar surface area (TPSA) is 0 Å². The molecule has 2 rings (SSSR count). The molecular formula is C9H13Cl. The van der Waals surface area contributed by atoms with Gasteiger partial charge in [0, 0.05) is 5.38 Å². The van der Waals surface area contributed by atoms with Gasteiger partial charge in [-0.25, -0.2) is 0 Å². The third kappa shape index (κ3) is 1.37. The van der Waals surface area contributed by atoms with E-state index in [1.807, 2.05) is 0 Å². The lowest BCUT2D eigenvalue weighted by molar-refractivity contribution is 0.677. The van der Waals surface area contributed by atoms with Crippen LogP contribution in [0.3, 0.4) is 0 Å². The maximum atomic E-state index is 5.96. The normalized spacial score (nSPS) is 33.7. The van der Waals surface area contributed by atoms with Crippen LogP contribution in [0.25, 0.3) is 0 Å². The summed E-state index contributed by atoms with van der Waals surface area (Å²) in [4.78, 5) is 0. The van der Waals surface area contributed by atoms with Gasteiger partial charge in [-0.3, -0.25) is 0 Å². The minimum absolute atomic E-state index is 0.433. The molecular weight excluding hydrogens is 144 g/mol. The lowest BCUT2D eigenvalue weighted by Gasteiger charge is -2.15. The van der Waals surface area contributed by atoms with E-state index < -0.39 is 0 Å². The summed E-state index contributed by atoms with van der Waals surface area (Å²) in [5, 5.41) is 0.433. The smallest absolute Gasteiger partial charge is 0.0373 e. The van der Waals surface area contributed by atoms with Gasteiger partial charge in [0.2, 0.25) is 0 Å². The molecule has 0 bridgehead atoms. The second kappa shape index (κ2) is 2.58. The maximum Gasteiger partial charge on any atom is 0.0373 e. The molecule has 2 aliphatic rings. The largest absolute Gasteiger partial charge is 0.123 e. The van der Waals surface area contributed by atoms with Gasteiger partial charge in [-0.15, -0.1) is 11.6 Å². The van der Waals surface area contributed by atoms with E-state index in [-0.39, 0.29) is 0 Å². The van der Waals surface area contributed by atoms with E-state index in [2.05, 4.69) is 6.08 Å². The van der Waals surface area contributed by atoms with Crippen LogP contribution in [0.1, 0.15) is 32.1 Å². The van der Waals surface area contributed by atoms with Crippen molar-refractivity contribution in [3.63, 3.8) is 0 Å². The van der Waals surface area contributed by atoms with Crippen LogP contribution in [0, 0.1) is 5.92 Å². The lowest BCUT2D eigenvalue weighted by atomic mass is 9.96. The molecule has 0 saturated heterocycles. The second-order valence-corrected chi connectivity index (χ2v) is 4.04. The Balaban J connectivity index is 1.96. The Bertz CT molecular complexity index is 156. The molecule has 2 aliphatic carbocycles. The van der Waals surface area contributed by atoms with Gasteiger partial charge in [0.25, 0.3) is 0 Å². The first kappa shape index (κ1) is 6.72. The molecule has 0 aromatic rings. The molecule has 1 saturated carbocycles. The molecule has 1 heteroatoms.